The van der Waals surface area contributed by atoms with Crippen LogP contribution in [0.4, 0.5) is 4.39 Å². The van der Waals surface area contributed by atoms with Gasteiger partial charge in [0.05, 0.1) is 12.1 Å². The lowest BCUT2D eigenvalue weighted by Gasteiger charge is -2.07. The van der Waals surface area contributed by atoms with Crippen molar-refractivity contribution in [1.82, 2.24) is 16.0 Å². The zero-order valence-corrected chi connectivity index (χ0v) is 13.0. The van der Waals surface area contributed by atoms with Crippen molar-refractivity contribution in [2.75, 3.05) is 0 Å². The molecule has 0 fully saturated rings. The van der Waals surface area contributed by atoms with Crippen LogP contribution in [0, 0.1) is 19.7 Å². The van der Waals surface area contributed by atoms with E-state index in [9.17, 15) is 14.0 Å². The van der Waals surface area contributed by atoms with Crippen LogP contribution in [0.15, 0.2) is 28.8 Å². The Hall–Kier alpha value is -2.70. The summed E-state index contributed by atoms with van der Waals surface area (Å²) in [7, 11) is 0. The van der Waals surface area contributed by atoms with Crippen molar-refractivity contribution in [3.8, 4) is 0 Å². The molecule has 0 spiro atoms. The molecule has 0 atom stereocenters. The Morgan fingerprint density at radius 1 is 1.13 bits per heavy atom. The van der Waals surface area contributed by atoms with Gasteiger partial charge in [-0.05, 0) is 38.0 Å². The minimum absolute atomic E-state index is 0.0599. The smallest absolute Gasteiger partial charge is 0.242 e. The van der Waals surface area contributed by atoms with E-state index in [-0.39, 0.29) is 30.5 Å². The van der Waals surface area contributed by atoms with Crippen LogP contribution < -0.4 is 10.9 Å². The number of hydrazine groups is 1. The molecule has 23 heavy (non-hydrogen) atoms. The highest BCUT2D eigenvalue weighted by atomic mass is 19.1. The summed E-state index contributed by atoms with van der Waals surface area (Å²) in [5.41, 5.74) is 7.01. The summed E-state index contributed by atoms with van der Waals surface area (Å²) in [4.78, 5) is 23.4. The van der Waals surface area contributed by atoms with E-state index in [1.54, 1.807) is 6.92 Å². The van der Waals surface area contributed by atoms with E-state index < -0.39 is 0 Å². The van der Waals surface area contributed by atoms with Crippen LogP contribution in [-0.4, -0.2) is 17.0 Å². The molecule has 2 N–H and O–H groups in total. The van der Waals surface area contributed by atoms with Crippen molar-refractivity contribution in [1.29, 1.82) is 0 Å². The molecule has 0 saturated carbocycles. The molecule has 0 saturated heterocycles. The number of amides is 2. The lowest BCUT2D eigenvalue weighted by atomic mass is 10.1. The number of aromatic nitrogens is 1. The Morgan fingerprint density at radius 2 is 1.78 bits per heavy atom. The Bertz CT molecular complexity index is 676. The van der Waals surface area contributed by atoms with Gasteiger partial charge in [0.15, 0.2) is 0 Å². The van der Waals surface area contributed by atoms with Crippen molar-refractivity contribution in [3.05, 3.63) is 52.7 Å². The molecule has 1 aromatic carbocycles. The van der Waals surface area contributed by atoms with Crippen LogP contribution in [0.5, 0.6) is 0 Å². The number of carbonyl (C=O) groups is 2. The molecule has 2 rings (SSSR count). The van der Waals surface area contributed by atoms with Gasteiger partial charge in [0.25, 0.3) is 0 Å². The quantitative estimate of drug-likeness (QED) is 0.822. The highest BCUT2D eigenvalue weighted by Gasteiger charge is 2.11. The lowest BCUT2D eigenvalue weighted by molar-refractivity contribution is -0.128. The summed E-state index contributed by atoms with van der Waals surface area (Å²) in [5, 5.41) is 3.82. The third-order valence-corrected chi connectivity index (χ3v) is 3.40. The number of benzene rings is 1. The van der Waals surface area contributed by atoms with Crippen LogP contribution in [-0.2, 0) is 22.4 Å². The summed E-state index contributed by atoms with van der Waals surface area (Å²) < 4.78 is 17.8. The maximum atomic E-state index is 12.8. The first kappa shape index (κ1) is 16.7. The molecular weight excluding hydrogens is 301 g/mol. The fourth-order valence-corrected chi connectivity index (χ4v) is 2.13. The second-order valence-electron chi connectivity index (χ2n) is 5.20. The number of halogens is 1. The zero-order valence-electron chi connectivity index (χ0n) is 13.0. The molecule has 7 heteroatoms. The first-order valence-corrected chi connectivity index (χ1v) is 7.19. The van der Waals surface area contributed by atoms with Crippen molar-refractivity contribution in [3.63, 3.8) is 0 Å². The van der Waals surface area contributed by atoms with Gasteiger partial charge < -0.3 is 4.52 Å². The molecule has 122 valence electrons. The third-order valence-electron chi connectivity index (χ3n) is 3.40. The van der Waals surface area contributed by atoms with Gasteiger partial charge >= 0.3 is 0 Å². The number of nitrogens with one attached hydrogen (secondary N) is 2. The van der Waals surface area contributed by atoms with Crippen LogP contribution in [0.25, 0.3) is 0 Å². The van der Waals surface area contributed by atoms with E-state index in [1.807, 2.05) is 6.92 Å². The molecular formula is C16H18FN3O3. The Labute approximate surface area is 133 Å². The SMILES string of the molecule is Cc1noc(C)c1CCC(=O)NNC(=O)Cc1ccc(F)cc1. The molecule has 1 heterocycles. The van der Waals surface area contributed by atoms with Crippen LogP contribution in [0.2, 0.25) is 0 Å². The first-order chi connectivity index (χ1) is 11.0. The molecule has 2 aromatic rings. The van der Waals surface area contributed by atoms with E-state index >= 15 is 0 Å². The molecule has 0 unspecified atom stereocenters. The van der Waals surface area contributed by atoms with Gasteiger partial charge in [-0.1, -0.05) is 17.3 Å². The van der Waals surface area contributed by atoms with Gasteiger partial charge in [-0.2, -0.15) is 0 Å². The van der Waals surface area contributed by atoms with Crippen LogP contribution in [0.1, 0.15) is 29.0 Å². The van der Waals surface area contributed by atoms with Crippen molar-refractivity contribution in [2.24, 2.45) is 0 Å². The topological polar surface area (TPSA) is 84.2 Å². The van der Waals surface area contributed by atoms with Crippen LogP contribution in [0.3, 0.4) is 0 Å². The number of rotatable bonds is 5. The van der Waals surface area contributed by atoms with Gasteiger partial charge in [-0.3, -0.25) is 20.4 Å². The average Bonchev–Trinajstić information content (AvgIpc) is 2.84. The van der Waals surface area contributed by atoms with Gasteiger partial charge in [0, 0.05) is 12.0 Å². The largest absolute Gasteiger partial charge is 0.361 e. The maximum absolute atomic E-state index is 12.8. The van der Waals surface area contributed by atoms with Gasteiger partial charge in [-0.15, -0.1) is 0 Å². The maximum Gasteiger partial charge on any atom is 0.242 e. The highest BCUT2D eigenvalue weighted by molar-refractivity contribution is 5.83. The number of aryl methyl sites for hydroxylation is 2. The van der Waals surface area contributed by atoms with Crippen molar-refractivity contribution in [2.45, 2.75) is 33.1 Å². The number of nitrogens with zero attached hydrogens (tertiary/aromatic N) is 1. The summed E-state index contributed by atoms with van der Waals surface area (Å²) in [6.45, 7) is 3.60. The van der Waals surface area contributed by atoms with Gasteiger partial charge in [0.2, 0.25) is 11.8 Å². The van der Waals surface area contributed by atoms with E-state index in [2.05, 4.69) is 16.0 Å². The molecule has 0 bridgehead atoms. The Balaban J connectivity index is 1.73. The van der Waals surface area contributed by atoms with E-state index in [0.29, 0.717) is 17.7 Å². The van der Waals surface area contributed by atoms with Crippen LogP contribution >= 0.6 is 0 Å². The standard InChI is InChI=1S/C16H18FN3O3/c1-10-14(11(2)23-20-10)7-8-15(21)18-19-16(22)9-12-3-5-13(17)6-4-12/h3-6H,7-9H2,1-2H3,(H,18,21)(H,19,22). The summed E-state index contributed by atoms with van der Waals surface area (Å²) in [5.74, 6) is -0.350. The predicted octanol–water partition coefficient (Wildman–Crippen LogP) is 1.75. The summed E-state index contributed by atoms with van der Waals surface area (Å²) in [6.07, 6.45) is 0.755. The highest BCUT2D eigenvalue weighted by Crippen LogP contribution is 2.13. The van der Waals surface area contributed by atoms with E-state index in [4.69, 9.17) is 4.52 Å². The second-order valence-corrected chi connectivity index (χ2v) is 5.20. The predicted molar refractivity (Wildman–Crippen MR) is 80.7 cm³/mol. The summed E-state index contributed by atoms with van der Waals surface area (Å²) in [6, 6.07) is 5.61. The first-order valence-electron chi connectivity index (χ1n) is 7.19. The Kier molecular flexibility index (Phi) is 5.46. The fraction of sp³-hybridized carbons (Fsp3) is 0.312. The molecule has 2 amide bonds. The zero-order chi connectivity index (χ0) is 16.8. The monoisotopic (exact) mass is 319 g/mol. The number of carbonyl (C=O) groups excluding carboxylic acids is 2. The molecule has 0 aliphatic rings. The van der Waals surface area contributed by atoms with Gasteiger partial charge in [0.1, 0.15) is 11.6 Å². The minimum Gasteiger partial charge on any atom is -0.361 e. The normalized spacial score (nSPS) is 10.4. The van der Waals surface area contributed by atoms with E-state index in [1.165, 1.54) is 24.3 Å². The van der Waals surface area contributed by atoms with Crippen molar-refractivity contribution < 1.29 is 18.5 Å². The molecule has 0 aliphatic carbocycles. The average molecular weight is 319 g/mol. The van der Waals surface area contributed by atoms with E-state index in [0.717, 1.165) is 11.3 Å². The Morgan fingerprint density at radius 3 is 2.39 bits per heavy atom. The lowest BCUT2D eigenvalue weighted by Crippen LogP contribution is -2.42. The number of hydrogen-bond acceptors (Lipinski definition) is 4. The second kappa shape index (κ2) is 7.53. The molecule has 6 nitrogen and oxygen atoms in total. The third kappa shape index (κ3) is 4.91. The minimum atomic E-state index is -0.373. The van der Waals surface area contributed by atoms with Gasteiger partial charge in [-0.25, -0.2) is 4.39 Å². The molecule has 1 aromatic heterocycles. The number of hydrogen-bond donors (Lipinski definition) is 2. The van der Waals surface area contributed by atoms with Crippen molar-refractivity contribution >= 4 is 11.8 Å². The summed E-state index contributed by atoms with van der Waals surface area (Å²) >= 11 is 0. The molecule has 0 aliphatic heterocycles. The molecule has 0 radical (unpaired) electrons. The fourth-order valence-electron chi connectivity index (χ4n) is 2.13.